The Hall–Kier alpha value is -0.420. The molecule has 0 saturated heterocycles. The first-order chi connectivity index (χ1) is 7.04. The van der Waals surface area contributed by atoms with Gasteiger partial charge in [-0.2, -0.15) is 13.2 Å². The van der Waals surface area contributed by atoms with Crippen LogP contribution in [0.25, 0.3) is 0 Å². The number of hydrogen-bond acceptors (Lipinski definition) is 3. The molecule has 3 nitrogen and oxygen atoms in total. The topological polar surface area (TPSA) is 57.2 Å². The second-order valence-electron chi connectivity index (χ2n) is 2.35. The first kappa shape index (κ1) is 15.6. The summed E-state index contributed by atoms with van der Waals surface area (Å²) in [6.45, 7) is 0. The van der Waals surface area contributed by atoms with E-state index in [2.05, 4.69) is 0 Å². The second kappa shape index (κ2) is 5.77. The number of halogens is 5. The molecule has 0 fully saturated rings. The van der Waals surface area contributed by atoms with Crippen molar-refractivity contribution >= 4 is 10.1 Å². The van der Waals surface area contributed by atoms with Crippen molar-refractivity contribution in [2.45, 2.75) is 5.51 Å². The van der Waals surface area contributed by atoms with Crippen LogP contribution in [0.1, 0.15) is 0 Å². The van der Waals surface area contributed by atoms with Crippen LogP contribution in [0.5, 0.6) is 0 Å². The Bertz CT molecular complexity index is 405. The van der Waals surface area contributed by atoms with E-state index in [-0.39, 0.29) is 5.82 Å². The maximum Gasteiger partial charge on any atom is 0.485 e. The van der Waals surface area contributed by atoms with Crippen LogP contribution in [0, 0.1) is 9.39 Å². The van der Waals surface area contributed by atoms with E-state index in [0.717, 1.165) is 3.57 Å². The van der Waals surface area contributed by atoms with Crippen molar-refractivity contribution in [3.63, 3.8) is 0 Å². The molecule has 16 heavy (non-hydrogen) atoms. The van der Waals surface area contributed by atoms with Crippen LogP contribution in [0.3, 0.4) is 0 Å². The van der Waals surface area contributed by atoms with Crippen molar-refractivity contribution in [3.05, 3.63) is 33.7 Å². The average molecular weight is 372 g/mol. The van der Waals surface area contributed by atoms with Gasteiger partial charge in [0.05, 0.1) is 0 Å². The van der Waals surface area contributed by atoms with Crippen LogP contribution < -0.4 is 22.6 Å². The molecule has 0 aliphatic heterocycles. The average Bonchev–Trinajstić information content (AvgIpc) is 2.08. The molecular weight excluding hydrogens is 367 g/mol. The normalized spacial score (nSPS) is 11.6. The van der Waals surface area contributed by atoms with E-state index in [9.17, 15) is 17.6 Å². The van der Waals surface area contributed by atoms with Crippen molar-refractivity contribution in [3.8, 4) is 0 Å². The quantitative estimate of drug-likeness (QED) is 0.237. The molecule has 0 spiro atoms. The number of alkyl halides is 3. The third-order valence-corrected chi connectivity index (χ3v) is 2.44. The molecule has 0 heterocycles. The van der Waals surface area contributed by atoms with Crippen molar-refractivity contribution in [2.75, 3.05) is 0 Å². The first-order valence-corrected chi connectivity index (χ1v) is 6.06. The zero-order valence-corrected chi connectivity index (χ0v) is 10.5. The van der Waals surface area contributed by atoms with Gasteiger partial charge in [0, 0.05) is 0 Å². The smallest absolute Gasteiger partial charge is 0.485 e. The monoisotopic (exact) mass is 372 g/mol. The van der Waals surface area contributed by atoms with E-state index in [1.54, 1.807) is 12.1 Å². The Morgan fingerprint density at radius 2 is 1.44 bits per heavy atom. The van der Waals surface area contributed by atoms with Crippen molar-refractivity contribution in [1.29, 1.82) is 0 Å². The van der Waals surface area contributed by atoms with Crippen molar-refractivity contribution in [1.82, 2.24) is 0 Å². The lowest BCUT2D eigenvalue weighted by Crippen LogP contribution is -3.34. The SMILES string of the molecule is Fc1ccc([IH+])cc1.O=S(=O)([O-])C(F)(F)F. The third kappa shape index (κ3) is 6.23. The van der Waals surface area contributed by atoms with Crippen LogP contribution >= 0.6 is 0 Å². The zero-order valence-electron chi connectivity index (χ0n) is 7.36. The third-order valence-electron chi connectivity index (χ3n) is 1.10. The molecule has 0 radical (unpaired) electrons. The van der Waals surface area contributed by atoms with Gasteiger partial charge in [0.25, 0.3) is 22.6 Å². The Labute approximate surface area is 102 Å². The van der Waals surface area contributed by atoms with Gasteiger partial charge < -0.3 is 4.55 Å². The maximum atomic E-state index is 12.1. The molecule has 0 bridgehead atoms. The molecule has 0 atom stereocenters. The fourth-order valence-corrected chi connectivity index (χ4v) is 0.823. The largest absolute Gasteiger partial charge is 0.741 e. The highest BCUT2D eigenvalue weighted by Crippen LogP contribution is 2.20. The Kier molecular flexibility index (Phi) is 5.62. The summed E-state index contributed by atoms with van der Waals surface area (Å²) >= 11 is 1.86. The molecule has 0 aliphatic carbocycles. The highest BCUT2D eigenvalue weighted by atomic mass is 127. The van der Waals surface area contributed by atoms with Crippen LogP contribution in [0.4, 0.5) is 17.6 Å². The van der Waals surface area contributed by atoms with Gasteiger partial charge in [-0.1, -0.05) is 0 Å². The Morgan fingerprint density at radius 1 is 1.12 bits per heavy atom. The molecule has 9 heteroatoms. The van der Waals surface area contributed by atoms with Crippen LogP contribution in [0.15, 0.2) is 24.3 Å². The molecule has 0 aliphatic rings. The Morgan fingerprint density at radius 3 is 1.62 bits per heavy atom. The van der Waals surface area contributed by atoms with E-state index < -0.39 is 15.6 Å². The summed E-state index contributed by atoms with van der Waals surface area (Å²) in [7, 11) is -6.09. The van der Waals surface area contributed by atoms with Crippen LogP contribution in [0.2, 0.25) is 0 Å². The predicted octanol–water partition coefficient (Wildman–Crippen LogP) is -1.67. The van der Waals surface area contributed by atoms with Gasteiger partial charge >= 0.3 is 5.51 Å². The summed E-state index contributed by atoms with van der Waals surface area (Å²) in [5, 5.41) is 0. The van der Waals surface area contributed by atoms with Crippen LogP contribution in [-0.2, 0) is 10.1 Å². The summed E-state index contributed by atoms with van der Waals surface area (Å²) < 4.78 is 72.1. The standard InChI is InChI=1S/C6H5FI.CHF3O3S/c7-5-1-3-6(8)4-2-5;2-1(3,4)8(5,6)7/h1-4,8H;(H,5,6,7)/q+1;/p-1. The minimum Gasteiger partial charge on any atom is -0.741 e. The molecule has 1 aromatic carbocycles. The number of hydrogen-bond donors (Lipinski definition) is 0. The summed E-state index contributed by atoms with van der Waals surface area (Å²) in [6.07, 6.45) is 0. The van der Waals surface area contributed by atoms with Crippen LogP contribution in [-0.4, -0.2) is 18.5 Å². The van der Waals surface area contributed by atoms with E-state index in [4.69, 9.17) is 13.0 Å². The number of rotatable bonds is 0. The number of benzene rings is 1. The maximum absolute atomic E-state index is 12.1. The summed E-state index contributed by atoms with van der Waals surface area (Å²) in [5.41, 5.74) is -5.65. The summed E-state index contributed by atoms with van der Waals surface area (Å²) in [6, 6.07) is 6.41. The summed E-state index contributed by atoms with van der Waals surface area (Å²) in [5.74, 6) is -0.169. The molecule has 0 aromatic heterocycles. The van der Waals surface area contributed by atoms with Gasteiger partial charge in [-0.3, -0.25) is 0 Å². The highest BCUT2D eigenvalue weighted by Gasteiger charge is 2.36. The van der Waals surface area contributed by atoms with Crippen molar-refractivity contribution < 1.29 is 53.1 Å². The van der Waals surface area contributed by atoms with Gasteiger partial charge in [0.2, 0.25) is 0 Å². The minimum absolute atomic E-state index is 0.169. The van der Waals surface area contributed by atoms with Gasteiger partial charge in [-0.05, 0) is 24.3 Å². The fraction of sp³-hybridized carbons (Fsp3) is 0.143. The van der Waals surface area contributed by atoms with Gasteiger partial charge in [-0.15, -0.1) is 0 Å². The van der Waals surface area contributed by atoms with E-state index in [1.807, 2.05) is 22.6 Å². The van der Waals surface area contributed by atoms with Crippen molar-refractivity contribution in [2.24, 2.45) is 0 Å². The molecule has 92 valence electrons. The van der Waals surface area contributed by atoms with Gasteiger partial charge in [0.15, 0.2) is 13.7 Å². The predicted molar refractivity (Wildman–Crippen MR) is 42.2 cm³/mol. The molecule has 0 N–H and O–H groups in total. The highest BCUT2D eigenvalue weighted by molar-refractivity contribution is 7.86. The molecular formula is C7H5F4IO3S. The Balaban J connectivity index is 0.000000281. The molecule has 0 amide bonds. The lowest BCUT2D eigenvalue weighted by atomic mass is 10.4. The second-order valence-corrected chi connectivity index (χ2v) is 5.07. The van der Waals surface area contributed by atoms with Gasteiger partial charge in [0.1, 0.15) is 5.82 Å². The fourth-order valence-electron chi connectivity index (χ4n) is 0.435. The first-order valence-electron chi connectivity index (χ1n) is 3.49. The van der Waals surface area contributed by atoms with E-state index in [0.29, 0.717) is 0 Å². The lowest BCUT2D eigenvalue weighted by molar-refractivity contribution is -0.328. The van der Waals surface area contributed by atoms with E-state index >= 15 is 0 Å². The molecule has 0 unspecified atom stereocenters. The molecule has 1 rings (SSSR count). The van der Waals surface area contributed by atoms with E-state index in [1.165, 1.54) is 12.1 Å². The summed E-state index contributed by atoms with van der Waals surface area (Å²) in [4.78, 5) is 0. The van der Waals surface area contributed by atoms with Gasteiger partial charge in [-0.25, -0.2) is 12.8 Å². The molecule has 1 aromatic rings. The molecule has 0 saturated carbocycles. The minimum atomic E-state index is -6.09. The lowest BCUT2D eigenvalue weighted by Gasteiger charge is -2.08. The zero-order chi connectivity index (χ0) is 13.0.